The fraction of sp³-hybridized carbons (Fsp3) is 0.600. The standard InChI is InChI=1S/C20H23Cl2NO5S/c21-16-2-1-15(6-17(16)22)29(26,27)23-10-19(25)28-11-18(24)20-7-12-3-13(8-20)5-14(4-12)9-20/h1-2,6,12-14,23H,3-5,7-11H2. The first-order valence-electron chi connectivity index (χ1n) is 9.80. The van der Waals surface area contributed by atoms with Crippen molar-refractivity contribution in [3.63, 3.8) is 0 Å². The highest BCUT2D eigenvalue weighted by Gasteiger charge is 2.54. The number of carbonyl (C=O) groups excluding carboxylic acids is 2. The molecule has 0 heterocycles. The summed E-state index contributed by atoms with van der Waals surface area (Å²) in [6.45, 7) is -0.851. The smallest absolute Gasteiger partial charge is 0.321 e. The fourth-order valence-corrected chi connectivity index (χ4v) is 7.04. The Morgan fingerprint density at radius 2 is 1.62 bits per heavy atom. The topological polar surface area (TPSA) is 89.5 Å². The number of hydrogen-bond donors (Lipinski definition) is 1. The summed E-state index contributed by atoms with van der Waals surface area (Å²) < 4.78 is 31.8. The number of benzene rings is 1. The molecule has 0 atom stereocenters. The normalized spacial score (nSPS) is 30.3. The summed E-state index contributed by atoms with van der Waals surface area (Å²) in [6.07, 6.45) is 6.38. The van der Waals surface area contributed by atoms with E-state index in [9.17, 15) is 18.0 Å². The van der Waals surface area contributed by atoms with Crippen molar-refractivity contribution in [2.24, 2.45) is 23.2 Å². The van der Waals surface area contributed by atoms with Crippen molar-refractivity contribution in [2.75, 3.05) is 13.2 Å². The Kier molecular flexibility index (Phi) is 5.70. The van der Waals surface area contributed by atoms with E-state index in [1.54, 1.807) is 0 Å². The van der Waals surface area contributed by atoms with Crippen molar-refractivity contribution >= 4 is 45.0 Å². The third-order valence-corrected chi connectivity index (χ3v) is 8.74. The number of halogens is 2. The second-order valence-electron chi connectivity index (χ2n) is 8.68. The zero-order valence-electron chi connectivity index (χ0n) is 15.8. The molecule has 4 aliphatic rings. The fourth-order valence-electron chi connectivity index (χ4n) is 5.68. The molecule has 0 aliphatic heterocycles. The van der Waals surface area contributed by atoms with E-state index >= 15 is 0 Å². The zero-order chi connectivity index (χ0) is 20.8. The van der Waals surface area contributed by atoms with E-state index in [1.807, 2.05) is 0 Å². The second-order valence-corrected chi connectivity index (χ2v) is 11.3. The van der Waals surface area contributed by atoms with Crippen molar-refractivity contribution < 1.29 is 22.7 Å². The minimum atomic E-state index is -3.95. The Balaban J connectivity index is 1.30. The Labute approximate surface area is 180 Å². The van der Waals surface area contributed by atoms with Crippen LogP contribution in [0.5, 0.6) is 0 Å². The molecule has 0 radical (unpaired) electrons. The van der Waals surface area contributed by atoms with Crippen molar-refractivity contribution in [3.05, 3.63) is 28.2 Å². The molecule has 5 rings (SSSR count). The Morgan fingerprint density at radius 1 is 1.03 bits per heavy atom. The molecule has 0 saturated heterocycles. The van der Waals surface area contributed by atoms with Gasteiger partial charge in [-0.2, -0.15) is 4.72 Å². The highest BCUT2D eigenvalue weighted by atomic mass is 35.5. The SMILES string of the molecule is O=C(CNS(=O)(=O)c1ccc(Cl)c(Cl)c1)OCC(=O)C12CC3CC(CC(C3)C1)C2. The van der Waals surface area contributed by atoms with Gasteiger partial charge in [0.25, 0.3) is 0 Å². The molecular formula is C20H23Cl2NO5S. The van der Waals surface area contributed by atoms with Gasteiger partial charge in [0.1, 0.15) is 6.54 Å². The van der Waals surface area contributed by atoms with Gasteiger partial charge in [-0.05, 0) is 74.5 Å². The van der Waals surface area contributed by atoms with Crippen molar-refractivity contribution in [2.45, 2.75) is 43.4 Å². The van der Waals surface area contributed by atoms with Gasteiger partial charge in [-0.25, -0.2) is 8.42 Å². The van der Waals surface area contributed by atoms with Crippen LogP contribution in [0.4, 0.5) is 0 Å². The van der Waals surface area contributed by atoms with Crippen molar-refractivity contribution in [3.8, 4) is 0 Å². The number of esters is 1. The minimum absolute atomic E-state index is 0.0164. The van der Waals surface area contributed by atoms with Gasteiger partial charge in [0, 0.05) is 5.41 Å². The van der Waals surface area contributed by atoms with Crippen molar-refractivity contribution in [1.29, 1.82) is 0 Å². The van der Waals surface area contributed by atoms with Crippen LogP contribution in [0.1, 0.15) is 38.5 Å². The first kappa shape index (κ1) is 21.1. The molecule has 4 aliphatic carbocycles. The van der Waals surface area contributed by atoms with Crippen LogP contribution >= 0.6 is 23.2 Å². The van der Waals surface area contributed by atoms with Gasteiger partial charge in [0.15, 0.2) is 12.4 Å². The summed E-state index contributed by atoms with van der Waals surface area (Å²) in [5.74, 6) is 1.07. The number of sulfonamides is 1. The zero-order valence-corrected chi connectivity index (χ0v) is 18.2. The van der Waals surface area contributed by atoms with E-state index in [0.717, 1.165) is 19.3 Å². The van der Waals surface area contributed by atoms with E-state index in [0.29, 0.717) is 17.8 Å². The number of hydrogen-bond acceptors (Lipinski definition) is 5. The molecule has 6 nitrogen and oxygen atoms in total. The van der Waals surface area contributed by atoms with E-state index < -0.39 is 22.5 Å². The molecule has 4 bridgehead atoms. The summed E-state index contributed by atoms with van der Waals surface area (Å²) in [6, 6.07) is 3.85. The summed E-state index contributed by atoms with van der Waals surface area (Å²) >= 11 is 11.6. The Bertz CT molecular complexity index is 911. The first-order valence-corrected chi connectivity index (χ1v) is 12.0. The number of nitrogens with one attached hydrogen (secondary N) is 1. The lowest BCUT2D eigenvalue weighted by atomic mass is 9.48. The molecule has 0 amide bonds. The van der Waals surface area contributed by atoms with Crippen molar-refractivity contribution in [1.82, 2.24) is 4.72 Å². The van der Waals surface area contributed by atoms with Gasteiger partial charge in [-0.1, -0.05) is 23.2 Å². The molecular weight excluding hydrogens is 437 g/mol. The maximum Gasteiger partial charge on any atom is 0.321 e. The average molecular weight is 460 g/mol. The van der Waals surface area contributed by atoms with Crippen LogP contribution in [0.25, 0.3) is 0 Å². The van der Waals surface area contributed by atoms with Gasteiger partial charge in [-0.3, -0.25) is 9.59 Å². The number of carbonyl (C=O) groups is 2. The van der Waals surface area contributed by atoms with Gasteiger partial charge in [0.2, 0.25) is 10.0 Å². The first-order chi connectivity index (χ1) is 13.7. The highest BCUT2D eigenvalue weighted by molar-refractivity contribution is 7.89. The predicted molar refractivity (Wildman–Crippen MR) is 108 cm³/mol. The summed E-state index contributed by atoms with van der Waals surface area (Å²) in [5.41, 5.74) is -0.339. The van der Waals surface area contributed by atoms with Crippen LogP contribution in [0, 0.1) is 23.2 Å². The van der Waals surface area contributed by atoms with Crippen LogP contribution in [0.3, 0.4) is 0 Å². The number of Topliss-reactive ketones (excluding diaryl/α,β-unsaturated/α-hetero) is 1. The van der Waals surface area contributed by atoms with Gasteiger partial charge >= 0.3 is 5.97 Å². The number of ketones is 1. The van der Waals surface area contributed by atoms with Crippen LogP contribution in [0.15, 0.2) is 23.1 Å². The van der Waals surface area contributed by atoms with Gasteiger partial charge in [-0.15, -0.1) is 0 Å². The molecule has 158 valence electrons. The van der Waals surface area contributed by atoms with Crippen LogP contribution in [0.2, 0.25) is 10.0 Å². The van der Waals surface area contributed by atoms with Crippen LogP contribution < -0.4 is 4.72 Å². The second kappa shape index (κ2) is 7.84. The summed E-state index contributed by atoms with van der Waals surface area (Å²) in [5, 5.41) is 0.325. The molecule has 0 spiro atoms. The third kappa shape index (κ3) is 4.33. The average Bonchev–Trinajstić information content (AvgIpc) is 2.65. The molecule has 29 heavy (non-hydrogen) atoms. The Morgan fingerprint density at radius 3 is 2.17 bits per heavy atom. The van der Waals surface area contributed by atoms with Gasteiger partial charge < -0.3 is 4.74 Å². The lowest BCUT2D eigenvalue weighted by Gasteiger charge is -2.55. The molecule has 9 heteroatoms. The summed E-state index contributed by atoms with van der Waals surface area (Å²) in [7, 11) is -3.95. The van der Waals surface area contributed by atoms with Gasteiger partial charge in [0.05, 0.1) is 14.9 Å². The lowest BCUT2D eigenvalue weighted by molar-refractivity contribution is -0.157. The van der Waals surface area contributed by atoms with Crippen LogP contribution in [-0.2, 0) is 24.3 Å². The van der Waals surface area contributed by atoms with E-state index in [1.165, 1.54) is 37.5 Å². The third-order valence-electron chi connectivity index (χ3n) is 6.60. The molecule has 0 unspecified atom stereocenters. The molecule has 4 fully saturated rings. The predicted octanol–water partition coefficient (Wildman–Crippen LogP) is 3.60. The highest BCUT2D eigenvalue weighted by Crippen LogP contribution is 2.60. The van der Waals surface area contributed by atoms with Crippen LogP contribution in [-0.4, -0.2) is 33.3 Å². The molecule has 4 saturated carbocycles. The molecule has 1 aromatic carbocycles. The summed E-state index contributed by atoms with van der Waals surface area (Å²) in [4.78, 5) is 24.8. The number of rotatable bonds is 7. The Hall–Kier alpha value is -1.15. The van der Waals surface area contributed by atoms with E-state index in [-0.39, 0.29) is 32.7 Å². The molecule has 1 N–H and O–H groups in total. The number of ether oxygens (including phenoxy) is 1. The maximum atomic E-state index is 12.9. The van der Waals surface area contributed by atoms with E-state index in [4.69, 9.17) is 27.9 Å². The quantitative estimate of drug-likeness (QED) is 0.628. The maximum absolute atomic E-state index is 12.9. The molecule has 1 aromatic rings. The molecule has 0 aromatic heterocycles. The van der Waals surface area contributed by atoms with E-state index in [2.05, 4.69) is 4.72 Å². The lowest BCUT2D eigenvalue weighted by Crippen LogP contribution is -2.51. The monoisotopic (exact) mass is 459 g/mol. The largest absolute Gasteiger partial charge is 0.457 e. The minimum Gasteiger partial charge on any atom is -0.457 e.